The van der Waals surface area contributed by atoms with Crippen molar-refractivity contribution in [3.05, 3.63) is 64.2 Å². The molecule has 11 heteroatoms. The molecule has 1 heterocycles. The number of carbonyl (C=O) groups is 1. The van der Waals surface area contributed by atoms with Crippen LogP contribution in [0.4, 0.5) is 10.8 Å². The zero-order valence-corrected chi connectivity index (χ0v) is 20.8. The van der Waals surface area contributed by atoms with E-state index in [1.807, 2.05) is 13.8 Å². The molecule has 180 valence electrons. The summed E-state index contributed by atoms with van der Waals surface area (Å²) in [5, 5.41) is 11.4. The molecule has 0 atom stereocenters. The van der Waals surface area contributed by atoms with E-state index in [4.69, 9.17) is 0 Å². The monoisotopic (exact) mass is 502 g/mol. The van der Waals surface area contributed by atoms with Crippen LogP contribution in [-0.2, 0) is 14.6 Å². The molecule has 0 N–H and O–H groups in total. The van der Waals surface area contributed by atoms with E-state index in [1.54, 1.807) is 24.3 Å². The van der Waals surface area contributed by atoms with E-state index in [0.717, 1.165) is 19.3 Å². The van der Waals surface area contributed by atoms with Crippen LogP contribution in [0.1, 0.15) is 19.4 Å². The van der Waals surface area contributed by atoms with Crippen molar-refractivity contribution in [1.82, 2.24) is 9.88 Å². The van der Waals surface area contributed by atoms with Gasteiger partial charge < -0.3 is 4.90 Å². The van der Waals surface area contributed by atoms with Crippen molar-refractivity contribution >= 4 is 54.2 Å². The summed E-state index contributed by atoms with van der Waals surface area (Å²) in [5.74, 6) is -0.348. The second-order valence-corrected chi connectivity index (χ2v) is 10.6. The minimum absolute atomic E-state index is 0.0625. The Hall–Kier alpha value is -3.15. The fourth-order valence-electron chi connectivity index (χ4n) is 3.41. The normalized spacial score (nSPS) is 12.0. The predicted molar refractivity (Wildman–Crippen MR) is 135 cm³/mol. The summed E-state index contributed by atoms with van der Waals surface area (Å²) < 4.78 is 25.1. The highest BCUT2D eigenvalue weighted by Gasteiger charge is 2.22. The lowest BCUT2D eigenvalue weighted by Crippen LogP contribution is -2.38. The molecule has 34 heavy (non-hydrogen) atoms. The molecule has 0 bridgehead atoms. The number of rotatable bonds is 10. The van der Waals surface area contributed by atoms with Gasteiger partial charge in [-0.2, -0.15) is 0 Å². The number of para-hydroxylation sites is 1. The third-order valence-corrected chi connectivity index (χ3v) is 7.47. The molecule has 0 saturated heterocycles. The number of nitrogens with zero attached hydrogens (tertiary/aromatic N) is 4. The van der Waals surface area contributed by atoms with Crippen molar-refractivity contribution in [2.24, 2.45) is 0 Å². The summed E-state index contributed by atoms with van der Waals surface area (Å²) in [6.07, 6.45) is 4.01. The fraction of sp³-hybridized carbons (Fsp3) is 0.304. The van der Waals surface area contributed by atoms with Crippen molar-refractivity contribution < 1.29 is 18.1 Å². The van der Waals surface area contributed by atoms with E-state index in [9.17, 15) is 23.3 Å². The summed E-state index contributed by atoms with van der Waals surface area (Å²) in [6, 6.07) is 10.9. The summed E-state index contributed by atoms with van der Waals surface area (Å²) in [4.78, 5) is 32.1. The van der Waals surface area contributed by atoms with Gasteiger partial charge >= 0.3 is 0 Å². The maximum atomic E-state index is 13.2. The smallest absolute Gasteiger partial charge is 0.270 e. The van der Waals surface area contributed by atoms with Crippen LogP contribution in [0.5, 0.6) is 0 Å². The van der Waals surface area contributed by atoms with E-state index >= 15 is 0 Å². The molecule has 0 spiro atoms. The van der Waals surface area contributed by atoms with Crippen LogP contribution >= 0.6 is 11.3 Å². The van der Waals surface area contributed by atoms with Crippen molar-refractivity contribution in [1.29, 1.82) is 0 Å². The van der Waals surface area contributed by atoms with Gasteiger partial charge in [-0.3, -0.25) is 19.8 Å². The van der Waals surface area contributed by atoms with Crippen LogP contribution in [0.3, 0.4) is 0 Å². The minimum Gasteiger partial charge on any atom is -0.302 e. The van der Waals surface area contributed by atoms with Crippen LogP contribution in [0.25, 0.3) is 16.3 Å². The largest absolute Gasteiger partial charge is 0.302 e. The van der Waals surface area contributed by atoms with Crippen molar-refractivity contribution in [2.45, 2.75) is 18.7 Å². The maximum Gasteiger partial charge on any atom is 0.270 e. The second-order valence-electron chi connectivity index (χ2n) is 7.57. The van der Waals surface area contributed by atoms with Crippen LogP contribution in [0.15, 0.2) is 53.4 Å². The SMILES string of the molecule is CCN(CC)CCN(C(=O)/C=C/c1cccc([N+](=O)[O-])c1)c1nc2c(S(C)(=O)=O)cccc2s1. The summed E-state index contributed by atoms with van der Waals surface area (Å²) in [6.45, 7) is 6.67. The highest BCUT2D eigenvalue weighted by atomic mass is 32.2. The average molecular weight is 503 g/mol. The molecule has 1 aromatic heterocycles. The van der Waals surface area contributed by atoms with E-state index in [0.29, 0.717) is 34.0 Å². The number of fused-ring (bicyclic) bond motifs is 1. The van der Waals surface area contributed by atoms with E-state index in [1.165, 1.54) is 46.6 Å². The molecule has 3 aromatic rings. The van der Waals surface area contributed by atoms with Gasteiger partial charge in [0.25, 0.3) is 11.6 Å². The number of anilines is 1. The third-order valence-electron chi connectivity index (χ3n) is 5.30. The first kappa shape index (κ1) is 25.5. The summed E-state index contributed by atoms with van der Waals surface area (Å²) in [7, 11) is -3.49. The molecule has 0 saturated carbocycles. The number of hydrogen-bond donors (Lipinski definition) is 0. The molecule has 0 aliphatic carbocycles. The molecule has 3 rings (SSSR count). The Morgan fingerprint density at radius 3 is 2.50 bits per heavy atom. The molecule has 0 aliphatic heterocycles. The molecular weight excluding hydrogens is 476 g/mol. The Bertz CT molecular complexity index is 1330. The molecule has 0 aliphatic rings. The van der Waals surface area contributed by atoms with E-state index < -0.39 is 14.8 Å². The lowest BCUT2D eigenvalue weighted by atomic mass is 10.2. The van der Waals surface area contributed by atoms with Crippen molar-refractivity contribution in [2.75, 3.05) is 37.3 Å². The summed E-state index contributed by atoms with van der Waals surface area (Å²) in [5.41, 5.74) is 0.802. The number of aromatic nitrogens is 1. The van der Waals surface area contributed by atoms with Crippen LogP contribution in [0.2, 0.25) is 0 Å². The zero-order chi connectivity index (χ0) is 24.9. The lowest BCUT2D eigenvalue weighted by Gasteiger charge is -2.23. The van der Waals surface area contributed by atoms with Crippen molar-refractivity contribution in [3.8, 4) is 0 Å². The Morgan fingerprint density at radius 1 is 1.15 bits per heavy atom. The Labute approximate surface area is 202 Å². The van der Waals surface area contributed by atoms with E-state index in [-0.39, 0.29) is 16.5 Å². The number of nitro groups is 1. The zero-order valence-electron chi connectivity index (χ0n) is 19.2. The first-order chi connectivity index (χ1) is 16.1. The molecule has 0 unspecified atom stereocenters. The van der Waals surface area contributed by atoms with Crippen LogP contribution < -0.4 is 4.90 Å². The number of likely N-dealkylation sites (N-methyl/N-ethyl adjacent to an activating group) is 1. The topological polar surface area (TPSA) is 114 Å². The molecule has 0 radical (unpaired) electrons. The average Bonchev–Trinajstić information content (AvgIpc) is 3.23. The molecule has 9 nitrogen and oxygen atoms in total. The molecule has 2 aromatic carbocycles. The Morgan fingerprint density at radius 2 is 1.85 bits per heavy atom. The van der Waals surface area contributed by atoms with Crippen molar-refractivity contribution in [3.63, 3.8) is 0 Å². The maximum absolute atomic E-state index is 13.2. The van der Waals surface area contributed by atoms with Gasteiger partial charge in [0.1, 0.15) is 5.52 Å². The Kier molecular flexibility index (Phi) is 8.13. The number of amides is 1. The van der Waals surface area contributed by atoms with Gasteiger partial charge in [0, 0.05) is 37.6 Å². The standard InChI is InChI=1S/C23H26N4O5S2/c1-4-25(5-2)14-15-26(21(28)13-12-17-8-6-9-18(16-17)27(29)30)23-24-22-19(33-23)10-7-11-20(22)34(3,31)32/h6-13,16H,4-5,14-15H2,1-3H3/b13-12+. The predicted octanol–water partition coefficient (Wildman–Crippen LogP) is 4.00. The number of non-ortho nitro benzene ring substituents is 1. The van der Waals surface area contributed by atoms with Gasteiger partial charge in [0.2, 0.25) is 0 Å². The molecule has 0 fully saturated rings. The van der Waals surface area contributed by atoms with Crippen LogP contribution in [-0.4, -0.2) is 61.6 Å². The third kappa shape index (κ3) is 6.04. The summed E-state index contributed by atoms with van der Waals surface area (Å²) >= 11 is 1.25. The van der Waals surface area contributed by atoms with Gasteiger partial charge in [-0.05, 0) is 36.9 Å². The number of sulfone groups is 1. The van der Waals surface area contributed by atoms with Gasteiger partial charge in [0.15, 0.2) is 15.0 Å². The lowest BCUT2D eigenvalue weighted by molar-refractivity contribution is -0.384. The highest BCUT2D eigenvalue weighted by Crippen LogP contribution is 2.33. The number of hydrogen-bond acceptors (Lipinski definition) is 8. The van der Waals surface area contributed by atoms with E-state index in [2.05, 4.69) is 9.88 Å². The first-order valence-electron chi connectivity index (χ1n) is 10.7. The van der Waals surface area contributed by atoms with Crippen LogP contribution in [0, 0.1) is 10.1 Å². The molecular formula is C23H26N4O5S2. The number of thiazole rings is 1. The Balaban J connectivity index is 1.97. The first-order valence-corrected chi connectivity index (χ1v) is 13.4. The number of benzene rings is 2. The van der Waals surface area contributed by atoms with Gasteiger partial charge in [-0.1, -0.05) is 43.4 Å². The number of carbonyl (C=O) groups excluding carboxylic acids is 1. The highest BCUT2D eigenvalue weighted by molar-refractivity contribution is 7.91. The second kappa shape index (κ2) is 10.9. The quantitative estimate of drug-likeness (QED) is 0.234. The fourth-order valence-corrected chi connectivity index (χ4v) is 5.33. The van der Waals surface area contributed by atoms with Gasteiger partial charge in [0.05, 0.1) is 14.5 Å². The van der Waals surface area contributed by atoms with Gasteiger partial charge in [-0.15, -0.1) is 0 Å². The number of nitro benzene ring substituents is 1. The van der Waals surface area contributed by atoms with Gasteiger partial charge in [-0.25, -0.2) is 13.4 Å². The molecule has 1 amide bonds. The minimum atomic E-state index is -3.49.